The third-order valence-electron chi connectivity index (χ3n) is 3.03. The molecule has 0 unspecified atom stereocenters. The van der Waals surface area contributed by atoms with Gasteiger partial charge in [-0.1, -0.05) is 6.07 Å². The first kappa shape index (κ1) is 14.3. The van der Waals surface area contributed by atoms with Crippen LogP contribution in [0.3, 0.4) is 0 Å². The van der Waals surface area contributed by atoms with E-state index in [2.05, 4.69) is 10.6 Å². The number of phenols is 1. The predicted molar refractivity (Wildman–Crippen MR) is 70.8 cm³/mol. The highest BCUT2D eigenvalue weighted by Gasteiger charge is 2.22. The quantitative estimate of drug-likeness (QED) is 0.688. The highest BCUT2D eigenvalue weighted by atomic mass is 19.1. The van der Waals surface area contributed by atoms with Crippen molar-refractivity contribution in [3.8, 4) is 5.75 Å². The number of hydrogen-bond acceptors (Lipinski definition) is 3. The second-order valence-electron chi connectivity index (χ2n) is 4.84. The molecule has 1 fully saturated rings. The van der Waals surface area contributed by atoms with Gasteiger partial charge in [-0.25, -0.2) is 4.39 Å². The largest absolute Gasteiger partial charge is 0.507 e. The van der Waals surface area contributed by atoms with Crippen molar-refractivity contribution in [1.29, 1.82) is 0 Å². The summed E-state index contributed by atoms with van der Waals surface area (Å²) in [6.07, 6.45) is 2.86. The van der Waals surface area contributed by atoms with Crippen molar-refractivity contribution in [2.75, 3.05) is 6.54 Å². The molecule has 0 aromatic heterocycles. The summed E-state index contributed by atoms with van der Waals surface area (Å²) in [6.45, 7) is 0.255. The van der Waals surface area contributed by atoms with Crippen LogP contribution in [0.15, 0.2) is 18.2 Å². The van der Waals surface area contributed by atoms with Gasteiger partial charge in [-0.15, -0.1) is 0 Å². The Balaban J connectivity index is 1.73. The lowest BCUT2D eigenvalue weighted by Crippen LogP contribution is -2.28. The number of amides is 2. The fourth-order valence-electron chi connectivity index (χ4n) is 1.80. The van der Waals surface area contributed by atoms with Crippen LogP contribution in [0, 0.1) is 5.82 Å². The second-order valence-corrected chi connectivity index (χ2v) is 4.84. The molecule has 0 spiro atoms. The third-order valence-corrected chi connectivity index (χ3v) is 3.03. The Morgan fingerprint density at radius 1 is 1.35 bits per heavy atom. The van der Waals surface area contributed by atoms with Crippen LogP contribution in [0.2, 0.25) is 0 Å². The molecule has 0 aliphatic heterocycles. The van der Waals surface area contributed by atoms with Gasteiger partial charge >= 0.3 is 0 Å². The van der Waals surface area contributed by atoms with Crippen molar-refractivity contribution < 1.29 is 19.1 Å². The van der Waals surface area contributed by atoms with Gasteiger partial charge in [-0.3, -0.25) is 9.59 Å². The molecule has 6 heteroatoms. The zero-order valence-corrected chi connectivity index (χ0v) is 11.0. The molecule has 2 rings (SSSR count). The lowest BCUT2D eigenvalue weighted by Gasteiger charge is -2.07. The Hall–Kier alpha value is -2.11. The number of aromatic hydroxyl groups is 1. The van der Waals surface area contributed by atoms with Gasteiger partial charge in [0.1, 0.15) is 17.1 Å². The van der Waals surface area contributed by atoms with Crippen molar-refractivity contribution in [2.24, 2.45) is 0 Å². The number of halogens is 1. The fourth-order valence-corrected chi connectivity index (χ4v) is 1.80. The van der Waals surface area contributed by atoms with Gasteiger partial charge in [0.15, 0.2) is 0 Å². The van der Waals surface area contributed by atoms with Crippen LogP contribution in [-0.2, 0) is 4.79 Å². The molecule has 20 heavy (non-hydrogen) atoms. The van der Waals surface area contributed by atoms with Crippen molar-refractivity contribution >= 4 is 11.8 Å². The number of nitrogens with one attached hydrogen (secondary N) is 2. The summed E-state index contributed by atoms with van der Waals surface area (Å²) >= 11 is 0. The van der Waals surface area contributed by atoms with E-state index in [1.807, 2.05) is 0 Å². The number of carbonyl (C=O) groups excluding carboxylic acids is 2. The Bertz CT molecular complexity index is 495. The van der Waals surface area contributed by atoms with Gasteiger partial charge < -0.3 is 15.7 Å². The highest BCUT2D eigenvalue weighted by molar-refractivity contribution is 5.97. The maximum Gasteiger partial charge on any atom is 0.258 e. The molecule has 1 aromatic rings. The predicted octanol–water partition coefficient (Wildman–Crippen LogP) is 1.32. The number of benzene rings is 1. The van der Waals surface area contributed by atoms with Gasteiger partial charge in [0, 0.05) is 19.0 Å². The molecule has 1 aliphatic carbocycles. The highest BCUT2D eigenvalue weighted by Crippen LogP contribution is 2.19. The van der Waals surface area contributed by atoms with Crippen LogP contribution >= 0.6 is 0 Å². The van der Waals surface area contributed by atoms with E-state index in [0.717, 1.165) is 18.9 Å². The molecule has 0 atom stereocenters. The molecule has 0 radical (unpaired) electrons. The molecule has 0 heterocycles. The van der Waals surface area contributed by atoms with E-state index < -0.39 is 17.5 Å². The first-order chi connectivity index (χ1) is 9.58. The fraction of sp³-hybridized carbons (Fsp3) is 0.429. The smallest absolute Gasteiger partial charge is 0.258 e. The van der Waals surface area contributed by atoms with Gasteiger partial charge in [-0.2, -0.15) is 0 Å². The molecule has 1 aromatic carbocycles. The minimum absolute atomic E-state index is 0.0320. The topological polar surface area (TPSA) is 78.4 Å². The van der Waals surface area contributed by atoms with Crippen molar-refractivity contribution in [2.45, 2.75) is 31.7 Å². The Morgan fingerprint density at radius 2 is 2.10 bits per heavy atom. The maximum absolute atomic E-state index is 13.4. The van der Waals surface area contributed by atoms with Crippen LogP contribution in [-0.4, -0.2) is 29.5 Å². The summed E-state index contributed by atoms with van der Waals surface area (Å²) < 4.78 is 13.4. The van der Waals surface area contributed by atoms with Gasteiger partial charge in [0.05, 0.1) is 0 Å². The van der Waals surface area contributed by atoms with E-state index in [-0.39, 0.29) is 18.0 Å². The Labute approximate surface area is 116 Å². The van der Waals surface area contributed by atoms with Crippen molar-refractivity contribution in [3.05, 3.63) is 29.6 Å². The SMILES string of the molecule is O=C(CCCNC(=O)c1c(O)cccc1F)NC1CC1. The van der Waals surface area contributed by atoms with E-state index in [4.69, 9.17) is 0 Å². The van der Waals surface area contributed by atoms with Gasteiger partial charge in [0.2, 0.25) is 5.91 Å². The number of rotatable bonds is 6. The third kappa shape index (κ3) is 3.94. The molecule has 0 saturated heterocycles. The van der Waals surface area contributed by atoms with E-state index >= 15 is 0 Å². The second kappa shape index (κ2) is 6.36. The van der Waals surface area contributed by atoms with Crippen LogP contribution in [0.4, 0.5) is 4.39 Å². The zero-order valence-electron chi connectivity index (χ0n) is 11.0. The summed E-state index contributed by atoms with van der Waals surface area (Å²) in [4.78, 5) is 23.1. The van der Waals surface area contributed by atoms with Gasteiger partial charge in [0.25, 0.3) is 5.91 Å². The molecular formula is C14H17FN2O3. The lowest BCUT2D eigenvalue weighted by atomic mass is 10.1. The molecule has 1 saturated carbocycles. The summed E-state index contributed by atoms with van der Waals surface area (Å²) in [5.41, 5.74) is -0.366. The standard InChI is InChI=1S/C14H17FN2O3/c15-10-3-1-4-11(18)13(10)14(20)16-8-2-5-12(19)17-9-6-7-9/h1,3-4,9,18H,2,5-8H2,(H,16,20)(H,17,19). The van der Waals surface area contributed by atoms with E-state index in [1.165, 1.54) is 12.1 Å². The van der Waals surface area contributed by atoms with Crippen molar-refractivity contribution in [1.82, 2.24) is 10.6 Å². The number of carbonyl (C=O) groups is 2. The molecule has 2 amide bonds. The summed E-state index contributed by atoms with van der Waals surface area (Å²) in [5.74, 6) is -1.87. The van der Waals surface area contributed by atoms with E-state index in [0.29, 0.717) is 18.9 Å². The average Bonchev–Trinajstić information content (AvgIpc) is 3.18. The van der Waals surface area contributed by atoms with Crippen LogP contribution in [0.5, 0.6) is 5.75 Å². The minimum atomic E-state index is -0.769. The zero-order chi connectivity index (χ0) is 14.5. The maximum atomic E-state index is 13.4. The summed E-state index contributed by atoms with van der Waals surface area (Å²) in [6, 6.07) is 4.01. The molecule has 1 aliphatic rings. The Morgan fingerprint density at radius 3 is 2.75 bits per heavy atom. The normalized spacial score (nSPS) is 13.8. The average molecular weight is 280 g/mol. The molecular weight excluding hydrogens is 263 g/mol. The molecule has 108 valence electrons. The molecule has 5 nitrogen and oxygen atoms in total. The Kier molecular flexibility index (Phi) is 4.55. The van der Waals surface area contributed by atoms with E-state index in [1.54, 1.807) is 0 Å². The summed E-state index contributed by atoms with van der Waals surface area (Å²) in [5, 5.41) is 14.8. The monoisotopic (exact) mass is 280 g/mol. The minimum Gasteiger partial charge on any atom is -0.507 e. The first-order valence-corrected chi connectivity index (χ1v) is 6.63. The number of hydrogen-bond donors (Lipinski definition) is 3. The van der Waals surface area contributed by atoms with Crippen LogP contribution in [0.1, 0.15) is 36.0 Å². The van der Waals surface area contributed by atoms with E-state index in [9.17, 15) is 19.1 Å². The van der Waals surface area contributed by atoms with Crippen molar-refractivity contribution in [3.63, 3.8) is 0 Å². The van der Waals surface area contributed by atoms with Gasteiger partial charge in [-0.05, 0) is 31.4 Å². The molecule has 3 N–H and O–H groups in total. The van der Waals surface area contributed by atoms with Crippen LogP contribution in [0.25, 0.3) is 0 Å². The van der Waals surface area contributed by atoms with Crippen LogP contribution < -0.4 is 10.6 Å². The molecule has 0 bridgehead atoms. The number of phenolic OH excluding ortho intramolecular Hbond substituents is 1. The first-order valence-electron chi connectivity index (χ1n) is 6.63. The summed E-state index contributed by atoms with van der Waals surface area (Å²) in [7, 11) is 0. The lowest BCUT2D eigenvalue weighted by molar-refractivity contribution is -0.121.